The summed E-state index contributed by atoms with van der Waals surface area (Å²) in [6.45, 7) is 9.60. The summed E-state index contributed by atoms with van der Waals surface area (Å²) in [6.07, 6.45) is 14.9. The summed E-state index contributed by atoms with van der Waals surface area (Å²) in [5.74, 6) is 2.19. The van der Waals surface area contributed by atoms with Gasteiger partial charge in [-0.05, 0) is 11.8 Å². The minimum Gasteiger partial charge on any atom is -0.358 e. The van der Waals surface area contributed by atoms with Gasteiger partial charge in [0.2, 0.25) is 0 Å². The summed E-state index contributed by atoms with van der Waals surface area (Å²) in [5, 5.41) is 0. The maximum atomic E-state index is 3.25. The predicted octanol–water partition coefficient (Wildman–Crippen LogP) is 6.46. The Morgan fingerprint density at radius 2 is 0.944 bits per heavy atom. The van der Waals surface area contributed by atoms with Crippen LogP contribution in [-0.2, 0) is 19.5 Å². The minimum atomic E-state index is 0. The van der Waals surface area contributed by atoms with Crippen LogP contribution < -0.4 is 0 Å². The van der Waals surface area contributed by atoms with Crippen molar-refractivity contribution in [3.05, 3.63) is 14.4 Å². The molecule has 2 fully saturated rings. The standard InChI is InChI=1S/2C7H14.C2H5.CH3.Ru/c2*1-2-7-5-3-4-6-7;1-2;;/h2*7H,2-6H2,1H3;1H2,2H3;1H3;/q;;2*-1;+2. The van der Waals surface area contributed by atoms with Gasteiger partial charge in [0, 0.05) is 0 Å². The van der Waals surface area contributed by atoms with Crippen LogP contribution in [-0.4, -0.2) is 0 Å². The molecule has 0 N–H and O–H groups in total. The number of hydrogen-bond acceptors (Lipinski definition) is 0. The number of hydrogen-bond donors (Lipinski definition) is 0. The maximum Gasteiger partial charge on any atom is 2.00 e. The van der Waals surface area contributed by atoms with Crippen LogP contribution in [0.1, 0.15) is 85.0 Å². The summed E-state index contributed by atoms with van der Waals surface area (Å²) in [6, 6.07) is 0. The zero-order chi connectivity index (χ0) is 12.2. The first-order valence-electron chi connectivity index (χ1n) is 7.57. The fourth-order valence-corrected chi connectivity index (χ4v) is 2.84. The van der Waals surface area contributed by atoms with Crippen molar-refractivity contribution >= 4 is 0 Å². The maximum absolute atomic E-state index is 3.25. The van der Waals surface area contributed by atoms with Gasteiger partial charge < -0.3 is 14.4 Å². The van der Waals surface area contributed by atoms with Crippen LogP contribution in [0.4, 0.5) is 0 Å². The molecule has 1 heteroatoms. The van der Waals surface area contributed by atoms with Crippen LogP contribution >= 0.6 is 0 Å². The zero-order valence-electron chi connectivity index (χ0n) is 13.3. The van der Waals surface area contributed by atoms with Gasteiger partial charge in [0.1, 0.15) is 0 Å². The second-order valence-corrected chi connectivity index (χ2v) is 5.12. The monoisotopic (exact) mass is 342 g/mol. The molecule has 0 unspecified atom stereocenters. The summed E-state index contributed by atoms with van der Waals surface area (Å²) in [7, 11) is 0. The molecule has 0 bridgehead atoms. The summed E-state index contributed by atoms with van der Waals surface area (Å²) < 4.78 is 0. The third-order valence-electron chi connectivity index (χ3n) is 4.10. The number of rotatable bonds is 2. The van der Waals surface area contributed by atoms with Crippen molar-refractivity contribution in [2.45, 2.75) is 85.0 Å². The average Bonchev–Trinajstić information content (AvgIpc) is 3.05. The smallest absolute Gasteiger partial charge is 0.358 e. The van der Waals surface area contributed by atoms with Gasteiger partial charge in [-0.2, -0.15) is 6.92 Å². The van der Waals surface area contributed by atoms with E-state index in [2.05, 4.69) is 20.8 Å². The SMILES string of the molecule is CCC1CCCC1.CCC1CCCC1.[CH2-]C.[CH3-].[Ru+2]. The average molecular weight is 342 g/mol. The van der Waals surface area contributed by atoms with Gasteiger partial charge >= 0.3 is 19.5 Å². The molecule has 112 valence electrons. The van der Waals surface area contributed by atoms with Gasteiger partial charge in [0.25, 0.3) is 0 Å². The third-order valence-corrected chi connectivity index (χ3v) is 4.10. The molecule has 0 aromatic heterocycles. The van der Waals surface area contributed by atoms with Gasteiger partial charge in [-0.25, -0.2) is 0 Å². The summed E-state index contributed by atoms with van der Waals surface area (Å²) >= 11 is 0. The Balaban J connectivity index is -0.000000200. The van der Waals surface area contributed by atoms with Crippen molar-refractivity contribution in [3.8, 4) is 0 Å². The van der Waals surface area contributed by atoms with E-state index in [1.165, 1.54) is 64.2 Å². The Labute approximate surface area is 130 Å². The molecule has 0 atom stereocenters. The molecular weight excluding hydrogens is 305 g/mol. The molecule has 0 saturated heterocycles. The van der Waals surface area contributed by atoms with E-state index in [9.17, 15) is 0 Å². The molecule has 0 aromatic rings. The first-order valence-corrected chi connectivity index (χ1v) is 7.57. The topological polar surface area (TPSA) is 0 Å². The third kappa shape index (κ3) is 11.7. The van der Waals surface area contributed by atoms with Crippen LogP contribution in [0, 0.1) is 26.2 Å². The molecule has 0 amide bonds. The van der Waals surface area contributed by atoms with Crippen LogP contribution in [0.15, 0.2) is 0 Å². The Morgan fingerprint density at radius 1 is 0.722 bits per heavy atom. The van der Waals surface area contributed by atoms with Gasteiger partial charge in [0.05, 0.1) is 0 Å². The van der Waals surface area contributed by atoms with E-state index in [0.717, 1.165) is 11.8 Å². The second-order valence-electron chi connectivity index (χ2n) is 5.12. The van der Waals surface area contributed by atoms with E-state index in [1.807, 2.05) is 0 Å². The van der Waals surface area contributed by atoms with E-state index in [1.54, 1.807) is 6.92 Å². The fourth-order valence-electron chi connectivity index (χ4n) is 2.84. The molecule has 0 nitrogen and oxygen atoms in total. The van der Waals surface area contributed by atoms with Gasteiger partial charge in [-0.1, -0.05) is 78.1 Å². The molecule has 2 rings (SSSR count). The molecule has 0 radical (unpaired) electrons. The van der Waals surface area contributed by atoms with Gasteiger partial charge in [-0.15, -0.1) is 0 Å². The van der Waals surface area contributed by atoms with E-state index >= 15 is 0 Å². The van der Waals surface area contributed by atoms with Crippen molar-refractivity contribution in [3.63, 3.8) is 0 Å². The molecule has 2 aliphatic rings. The minimum absolute atomic E-state index is 0. The Kier molecular flexibility index (Phi) is 23.2. The molecule has 18 heavy (non-hydrogen) atoms. The van der Waals surface area contributed by atoms with Crippen molar-refractivity contribution in [1.29, 1.82) is 0 Å². The molecule has 0 aliphatic heterocycles. The zero-order valence-corrected chi connectivity index (χ0v) is 15.0. The summed E-state index contributed by atoms with van der Waals surface area (Å²) in [5.41, 5.74) is 0. The Hall–Kier alpha value is 0.623. The molecular formula is C17H36Ru. The molecule has 2 aliphatic carbocycles. The molecule has 0 aromatic carbocycles. The van der Waals surface area contributed by atoms with Crippen molar-refractivity contribution in [2.24, 2.45) is 11.8 Å². The largest absolute Gasteiger partial charge is 2.00 e. The normalized spacial score (nSPS) is 18.7. The van der Waals surface area contributed by atoms with E-state index in [-0.39, 0.29) is 26.9 Å². The van der Waals surface area contributed by atoms with Gasteiger partial charge in [0.15, 0.2) is 0 Å². The Bertz CT molecular complexity index is 106. The molecule has 0 heterocycles. The molecule has 0 spiro atoms. The molecule has 2 saturated carbocycles. The van der Waals surface area contributed by atoms with Crippen molar-refractivity contribution in [2.75, 3.05) is 0 Å². The summed E-state index contributed by atoms with van der Waals surface area (Å²) in [4.78, 5) is 0. The van der Waals surface area contributed by atoms with Gasteiger partial charge in [-0.3, -0.25) is 0 Å². The first-order chi connectivity index (χ1) is 7.86. The van der Waals surface area contributed by atoms with Crippen LogP contribution in [0.3, 0.4) is 0 Å². The van der Waals surface area contributed by atoms with Crippen molar-refractivity contribution < 1.29 is 19.5 Å². The van der Waals surface area contributed by atoms with E-state index in [4.69, 9.17) is 0 Å². The van der Waals surface area contributed by atoms with E-state index < -0.39 is 0 Å². The van der Waals surface area contributed by atoms with Crippen LogP contribution in [0.25, 0.3) is 0 Å². The quantitative estimate of drug-likeness (QED) is 0.399. The predicted molar refractivity (Wildman–Crippen MR) is 81.9 cm³/mol. The van der Waals surface area contributed by atoms with Crippen LogP contribution in [0.5, 0.6) is 0 Å². The van der Waals surface area contributed by atoms with Crippen LogP contribution in [0.2, 0.25) is 0 Å². The second kappa shape index (κ2) is 17.6. The Morgan fingerprint density at radius 3 is 1.06 bits per heavy atom. The fraction of sp³-hybridized carbons (Fsp3) is 0.882. The first kappa shape index (κ1) is 23.7. The van der Waals surface area contributed by atoms with Crippen molar-refractivity contribution in [1.82, 2.24) is 0 Å². The van der Waals surface area contributed by atoms with E-state index in [0.29, 0.717) is 0 Å².